The van der Waals surface area contributed by atoms with Gasteiger partial charge in [-0.15, -0.1) is 13.2 Å². The molecule has 0 heterocycles. The lowest BCUT2D eigenvalue weighted by Gasteiger charge is -2.07. The second-order valence-corrected chi connectivity index (χ2v) is 2.31. The fraction of sp³-hybridized carbons (Fsp3) is 1.00. The summed E-state index contributed by atoms with van der Waals surface area (Å²) >= 11 is 0. The van der Waals surface area contributed by atoms with E-state index in [4.69, 9.17) is 15.2 Å². The third-order valence-electron chi connectivity index (χ3n) is 1.13. The highest BCUT2D eigenvalue weighted by atomic mass is 19.4. The predicted molar refractivity (Wildman–Crippen MR) is 42.7 cm³/mol. The molecule has 86 valence electrons. The van der Waals surface area contributed by atoms with E-state index in [1.807, 2.05) is 0 Å². The number of ether oxygens (including phenoxy) is 3. The van der Waals surface area contributed by atoms with Gasteiger partial charge in [0.05, 0.1) is 33.0 Å². The van der Waals surface area contributed by atoms with E-state index in [0.29, 0.717) is 19.8 Å². The SMILES string of the molecule is NCCOCCOCCOC(F)(F)F. The minimum absolute atomic E-state index is 0.106. The van der Waals surface area contributed by atoms with Gasteiger partial charge in [0.15, 0.2) is 0 Å². The van der Waals surface area contributed by atoms with Gasteiger partial charge in [-0.2, -0.15) is 0 Å². The molecule has 7 heteroatoms. The normalized spacial score (nSPS) is 12.0. The Labute approximate surface area is 80.1 Å². The van der Waals surface area contributed by atoms with Crippen molar-refractivity contribution in [2.24, 2.45) is 5.73 Å². The van der Waals surface area contributed by atoms with Crippen molar-refractivity contribution in [1.29, 1.82) is 0 Å². The molecule has 0 aromatic heterocycles. The molecular weight excluding hydrogens is 203 g/mol. The molecule has 0 atom stereocenters. The number of nitrogens with two attached hydrogens (primary N) is 1. The van der Waals surface area contributed by atoms with Gasteiger partial charge in [0.2, 0.25) is 0 Å². The zero-order valence-electron chi connectivity index (χ0n) is 7.68. The minimum Gasteiger partial charge on any atom is -0.378 e. The van der Waals surface area contributed by atoms with E-state index in [0.717, 1.165) is 0 Å². The first kappa shape index (κ1) is 13.6. The Morgan fingerprint density at radius 2 is 1.36 bits per heavy atom. The lowest BCUT2D eigenvalue weighted by Crippen LogP contribution is -2.18. The van der Waals surface area contributed by atoms with Crippen molar-refractivity contribution in [2.45, 2.75) is 6.36 Å². The largest absolute Gasteiger partial charge is 0.522 e. The summed E-state index contributed by atoms with van der Waals surface area (Å²) in [5.74, 6) is 0. The standard InChI is InChI=1S/C7H14F3NO3/c8-7(9,10)14-6-5-13-4-3-12-2-1-11/h1-6,11H2. The third-order valence-corrected chi connectivity index (χ3v) is 1.13. The topological polar surface area (TPSA) is 53.7 Å². The van der Waals surface area contributed by atoms with E-state index < -0.39 is 13.0 Å². The first-order valence-corrected chi connectivity index (χ1v) is 4.12. The van der Waals surface area contributed by atoms with E-state index in [-0.39, 0.29) is 13.2 Å². The number of rotatable bonds is 8. The summed E-state index contributed by atoms with van der Waals surface area (Å²) in [4.78, 5) is 0. The van der Waals surface area contributed by atoms with E-state index in [9.17, 15) is 13.2 Å². The van der Waals surface area contributed by atoms with Gasteiger partial charge in [0, 0.05) is 6.54 Å². The van der Waals surface area contributed by atoms with Crippen LogP contribution in [0.3, 0.4) is 0 Å². The van der Waals surface area contributed by atoms with E-state index in [2.05, 4.69) is 4.74 Å². The smallest absolute Gasteiger partial charge is 0.378 e. The van der Waals surface area contributed by atoms with Crippen molar-refractivity contribution >= 4 is 0 Å². The highest BCUT2D eigenvalue weighted by Gasteiger charge is 2.28. The Bertz CT molecular complexity index is 132. The van der Waals surface area contributed by atoms with Crippen LogP contribution in [0, 0.1) is 0 Å². The first-order chi connectivity index (χ1) is 6.56. The van der Waals surface area contributed by atoms with Gasteiger partial charge in [-0.3, -0.25) is 4.74 Å². The zero-order valence-corrected chi connectivity index (χ0v) is 7.68. The molecule has 0 unspecified atom stereocenters. The molecular formula is C7H14F3NO3. The summed E-state index contributed by atoms with van der Waals surface area (Å²) in [6, 6.07) is 0. The van der Waals surface area contributed by atoms with Crippen LogP contribution in [0.15, 0.2) is 0 Å². The maximum Gasteiger partial charge on any atom is 0.522 e. The molecule has 2 N–H and O–H groups in total. The molecule has 0 aromatic rings. The van der Waals surface area contributed by atoms with Crippen LogP contribution in [0.25, 0.3) is 0 Å². The van der Waals surface area contributed by atoms with Crippen LogP contribution in [0.1, 0.15) is 0 Å². The van der Waals surface area contributed by atoms with Crippen molar-refractivity contribution in [2.75, 3.05) is 39.6 Å². The van der Waals surface area contributed by atoms with Crippen molar-refractivity contribution in [1.82, 2.24) is 0 Å². The maximum absolute atomic E-state index is 11.4. The van der Waals surface area contributed by atoms with Crippen LogP contribution in [0.5, 0.6) is 0 Å². The second-order valence-electron chi connectivity index (χ2n) is 2.31. The van der Waals surface area contributed by atoms with Gasteiger partial charge in [-0.25, -0.2) is 0 Å². The molecule has 0 aliphatic rings. The summed E-state index contributed by atoms with van der Waals surface area (Å²) in [5.41, 5.74) is 5.13. The minimum atomic E-state index is -4.58. The highest BCUT2D eigenvalue weighted by Crippen LogP contribution is 2.15. The monoisotopic (exact) mass is 217 g/mol. The third kappa shape index (κ3) is 11.6. The molecule has 0 radical (unpaired) electrons. The fourth-order valence-electron chi connectivity index (χ4n) is 0.622. The summed E-state index contributed by atoms with van der Waals surface area (Å²) in [6.07, 6.45) is -4.58. The van der Waals surface area contributed by atoms with E-state index in [1.54, 1.807) is 0 Å². The van der Waals surface area contributed by atoms with Crippen LogP contribution < -0.4 is 5.73 Å². The van der Waals surface area contributed by atoms with Crippen LogP contribution in [0.2, 0.25) is 0 Å². The molecule has 4 nitrogen and oxygen atoms in total. The molecule has 14 heavy (non-hydrogen) atoms. The quantitative estimate of drug-likeness (QED) is 0.602. The van der Waals surface area contributed by atoms with E-state index in [1.165, 1.54) is 0 Å². The lowest BCUT2D eigenvalue weighted by atomic mass is 10.7. The number of alkyl halides is 3. The Morgan fingerprint density at radius 3 is 1.86 bits per heavy atom. The summed E-state index contributed by atoms with van der Waals surface area (Å²) in [7, 11) is 0. The highest BCUT2D eigenvalue weighted by molar-refractivity contribution is 4.35. The Balaban J connectivity index is 2.99. The molecule has 0 rings (SSSR count). The predicted octanol–water partition coefficient (Wildman–Crippen LogP) is 0.515. The van der Waals surface area contributed by atoms with Gasteiger partial charge < -0.3 is 15.2 Å². The number of hydrogen-bond donors (Lipinski definition) is 1. The van der Waals surface area contributed by atoms with Gasteiger partial charge in [0.1, 0.15) is 0 Å². The molecule has 0 fully saturated rings. The van der Waals surface area contributed by atoms with Crippen LogP contribution in [-0.4, -0.2) is 45.9 Å². The number of hydrogen-bond acceptors (Lipinski definition) is 4. The van der Waals surface area contributed by atoms with Crippen molar-refractivity contribution in [3.05, 3.63) is 0 Å². The molecule has 0 saturated heterocycles. The molecule has 0 aliphatic carbocycles. The Hall–Kier alpha value is -0.370. The molecule has 0 saturated carbocycles. The Kier molecular flexibility index (Phi) is 7.77. The average Bonchev–Trinajstić information content (AvgIpc) is 2.08. The molecule has 0 amide bonds. The average molecular weight is 217 g/mol. The summed E-state index contributed by atoms with van der Waals surface area (Å²) in [6.45, 7) is 0.788. The molecule has 0 bridgehead atoms. The van der Waals surface area contributed by atoms with Gasteiger partial charge >= 0.3 is 6.36 Å². The molecule has 0 aliphatic heterocycles. The van der Waals surface area contributed by atoms with Gasteiger partial charge in [-0.1, -0.05) is 0 Å². The van der Waals surface area contributed by atoms with E-state index >= 15 is 0 Å². The van der Waals surface area contributed by atoms with Crippen LogP contribution >= 0.6 is 0 Å². The summed E-state index contributed by atoms with van der Waals surface area (Å²) in [5, 5.41) is 0. The second kappa shape index (κ2) is 7.98. The molecule has 0 aromatic carbocycles. The maximum atomic E-state index is 11.4. The fourth-order valence-corrected chi connectivity index (χ4v) is 0.622. The first-order valence-electron chi connectivity index (χ1n) is 4.12. The number of halogens is 3. The van der Waals surface area contributed by atoms with Crippen molar-refractivity contribution in [3.8, 4) is 0 Å². The van der Waals surface area contributed by atoms with Crippen molar-refractivity contribution in [3.63, 3.8) is 0 Å². The Morgan fingerprint density at radius 1 is 0.857 bits per heavy atom. The van der Waals surface area contributed by atoms with Gasteiger partial charge in [0.25, 0.3) is 0 Å². The van der Waals surface area contributed by atoms with Crippen LogP contribution in [-0.2, 0) is 14.2 Å². The van der Waals surface area contributed by atoms with Gasteiger partial charge in [-0.05, 0) is 0 Å². The zero-order chi connectivity index (χ0) is 10.9. The van der Waals surface area contributed by atoms with Crippen LogP contribution in [0.4, 0.5) is 13.2 Å². The lowest BCUT2D eigenvalue weighted by molar-refractivity contribution is -0.327. The summed E-state index contributed by atoms with van der Waals surface area (Å²) < 4.78 is 47.4. The van der Waals surface area contributed by atoms with Crippen molar-refractivity contribution < 1.29 is 27.4 Å². The molecule has 0 spiro atoms.